The average Bonchev–Trinajstić information content (AvgIpc) is 3.85. The fourth-order valence-electron chi connectivity index (χ4n) is 7.71. The summed E-state index contributed by atoms with van der Waals surface area (Å²) in [5.41, 5.74) is -5.61. The van der Waals surface area contributed by atoms with Gasteiger partial charge in [0, 0.05) is 43.1 Å². The number of alkyl halides is 3. The zero-order chi connectivity index (χ0) is 44.1. The van der Waals surface area contributed by atoms with Crippen LogP contribution in [0.15, 0.2) is 18.2 Å². The van der Waals surface area contributed by atoms with Gasteiger partial charge in [-0.3, -0.25) is 5.32 Å². The van der Waals surface area contributed by atoms with Crippen molar-refractivity contribution in [3.05, 3.63) is 41.0 Å². The van der Waals surface area contributed by atoms with Crippen LogP contribution in [0, 0.1) is 23.0 Å². The molecule has 13 nitrogen and oxygen atoms in total. The Bertz CT molecular complexity index is 2340. The highest BCUT2D eigenvalue weighted by atomic mass is 32.1. The van der Waals surface area contributed by atoms with Crippen molar-refractivity contribution in [2.24, 2.45) is 0 Å². The van der Waals surface area contributed by atoms with Gasteiger partial charge in [0.05, 0.1) is 34.5 Å². The van der Waals surface area contributed by atoms with Gasteiger partial charge in [0.25, 0.3) is 0 Å². The fourth-order valence-corrected chi connectivity index (χ4v) is 8.78. The monoisotopic (exact) mass is 861 g/mol. The molecule has 4 heterocycles. The van der Waals surface area contributed by atoms with Crippen molar-refractivity contribution in [1.29, 1.82) is 5.26 Å². The van der Waals surface area contributed by atoms with Crippen LogP contribution in [0.2, 0.25) is 0 Å². The number of nitriles is 1. The summed E-state index contributed by atoms with van der Waals surface area (Å²) in [6.45, 7) is 11.2. The summed E-state index contributed by atoms with van der Waals surface area (Å²) < 4.78 is 101. The van der Waals surface area contributed by atoms with Crippen LogP contribution in [0.25, 0.3) is 32.1 Å². The molecular formula is C41H48F5N7O6S. The van der Waals surface area contributed by atoms with Crippen molar-refractivity contribution in [3.8, 4) is 23.2 Å². The van der Waals surface area contributed by atoms with Crippen LogP contribution in [-0.4, -0.2) is 109 Å². The first-order valence-corrected chi connectivity index (χ1v) is 20.2. The molecular weight excluding hydrogens is 814 g/mol. The summed E-state index contributed by atoms with van der Waals surface area (Å²) in [5.74, 6) is -2.45. The number of hydrogen-bond donors (Lipinski definition) is 1. The number of halogens is 5. The normalized spacial score (nSPS) is 18.9. The Morgan fingerprint density at radius 2 is 1.73 bits per heavy atom. The number of nitrogens with one attached hydrogen (secondary N) is 1. The van der Waals surface area contributed by atoms with E-state index in [1.54, 1.807) is 53.5 Å². The minimum Gasteiger partial charge on any atom is -0.462 e. The van der Waals surface area contributed by atoms with Crippen molar-refractivity contribution in [3.63, 3.8) is 0 Å². The minimum absolute atomic E-state index is 0.0271. The van der Waals surface area contributed by atoms with Gasteiger partial charge in [-0.05, 0) is 92.1 Å². The lowest BCUT2D eigenvalue weighted by atomic mass is 9.92. The Balaban J connectivity index is 1.57. The summed E-state index contributed by atoms with van der Waals surface area (Å²) in [7, 11) is 4.96. The number of nitrogens with zero attached hydrogens (tertiary/aromatic N) is 6. The molecule has 0 spiro atoms. The van der Waals surface area contributed by atoms with Gasteiger partial charge in [0.15, 0.2) is 5.82 Å². The van der Waals surface area contributed by atoms with Gasteiger partial charge >= 0.3 is 24.4 Å². The topological polar surface area (TPSA) is 142 Å². The first-order valence-electron chi connectivity index (χ1n) is 19.3. The molecule has 2 saturated heterocycles. The van der Waals surface area contributed by atoms with Gasteiger partial charge in [-0.1, -0.05) is 6.07 Å². The van der Waals surface area contributed by atoms with Crippen LogP contribution >= 0.6 is 11.3 Å². The SMILES string of the molecule is COCC1C(N(C)c2nc(OC[C@@H]3CCCN3C)nc3c(F)c(-c4ccc(F)c5sc(NC(=O)OC(C)(C)C)c(C#N)c45)c(C(F)(F)F)cc23)CCN1C(=O)OC(C)(C)C. The maximum Gasteiger partial charge on any atom is 0.417 e. The Kier molecular flexibility index (Phi) is 12.4. The van der Waals surface area contributed by atoms with E-state index in [0.29, 0.717) is 17.8 Å². The minimum atomic E-state index is -5.21. The van der Waals surface area contributed by atoms with Gasteiger partial charge < -0.3 is 33.6 Å². The molecule has 0 saturated carbocycles. The summed E-state index contributed by atoms with van der Waals surface area (Å²) >= 11 is 0.595. The van der Waals surface area contributed by atoms with Crippen LogP contribution < -0.4 is 15.0 Å². The van der Waals surface area contributed by atoms with Gasteiger partial charge in [-0.25, -0.2) is 18.4 Å². The second kappa shape index (κ2) is 16.8. The number of aromatic nitrogens is 2. The molecule has 2 aliphatic rings. The summed E-state index contributed by atoms with van der Waals surface area (Å²) in [4.78, 5) is 40.2. The van der Waals surface area contributed by atoms with Gasteiger partial charge in [0.2, 0.25) is 0 Å². The molecule has 2 aromatic carbocycles. The molecule has 3 atom stereocenters. The van der Waals surface area contributed by atoms with Crippen molar-refractivity contribution < 1.29 is 50.5 Å². The molecule has 1 N–H and O–H groups in total. The predicted octanol–water partition coefficient (Wildman–Crippen LogP) is 8.96. The van der Waals surface area contributed by atoms with Crippen LogP contribution in [0.3, 0.4) is 0 Å². The lowest BCUT2D eigenvalue weighted by molar-refractivity contribution is -0.137. The quantitative estimate of drug-likeness (QED) is 0.161. The Morgan fingerprint density at radius 3 is 2.33 bits per heavy atom. The lowest BCUT2D eigenvalue weighted by Gasteiger charge is -2.34. The predicted molar refractivity (Wildman–Crippen MR) is 216 cm³/mol. The van der Waals surface area contributed by atoms with E-state index in [0.717, 1.165) is 37.6 Å². The fraction of sp³-hybridized carbons (Fsp3) is 0.537. The van der Waals surface area contributed by atoms with E-state index < -0.39 is 81.1 Å². The molecule has 0 radical (unpaired) electrons. The van der Waals surface area contributed by atoms with Crippen molar-refractivity contribution in [1.82, 2.24) is 19.8 Å². The highest BCUT2D eigenvalue weighted by Gasteiger charge is 2.43. The number of rotatable bonds is 9. The zero-order valence-corrected chi connectivity index (χ0v) is 35.7. The molecule has 2 unspecified atom stereocenters. The van der Waals surface area contributed by atoms with E-state index in [-0.39, 0.29) is 58.1 Å². The summed E-state index contributed by atoms with van der Waals surface area (Å²) in [6, 6.07) is 2.83. The van der Waals surface area contributed by atoms with E-state index in [9.17, 15) is 14.9 Å². The molecule has 6 rings (SSSR count). The van der Waals surface area contributed by atoms with Gasteiger partial charge in [-0.2, -0.15) is 28.4 Å². The summed E-state index contributed by atoms with van der Waals surface area (Å²) in [6.07, 6.45) is -4.75. The van der Waals surface area contributed by atoms with Crippen molar-refractivity contribution >= 4 is 55.3 Å². The Labute approximate surface area is 348 Å². The van der Waals surface area contributed by atoms with E-state index in [4.69, 9.17) is 18.9 Å². The highest BCUT2D eigenvalue weighted by molar-refractivity contribution is 7.23. The maximum atomic E-state index is 17.5. The van der Waals surface area contributed by atoms with E-state index in [1.165, 1.54) is 12.0 Å². The zero-order valence-electron chi connectivity index (χ0n) is 34.8. The number of carbonyl (C=O) groups excluding carboxylic acids is 2. The Hall–Kier alpha value is -5.06. The van der Waals surface area contributed by atoms with Crippen LogP contribution in [0.4, 0.5) is 42.4 Å². The third kappa shape index (κ3) is 9.15. The molecule has 60 heavy (non-hydrogen) atoms. The molecule has 324 valence electrons. The number of carbonyl (C=O) groups is 2. The van der Waals surface area contributed by atoms with Crippen LogP contribution in [0.5, 0.6) is 6.01 Å². The van der Waals surface area contributed by atoms with E-state index >= 15 is 22.0 Å². The molecule has 19 heteroatoms. The summed E-state index contributed by atoms with van der Waals surface area (Å²) in [5, 5.41) is 11.8. The number of likely N-dealkylation sites (N-methyl/N-ethyl adjacent to an activating group) is 2. The number of benzene rings is 2. The molecule has 4 aromatic rings. The standard InChI is InChI=1S/C41H48F5N7O6S/c1-39(2,3)58-37(54)50-35-24(18-47)29-22(12-13-26(42)33(29)60-35)30-25(41(44,45)46)17-23-32(31(30)43)48-36(57-19-21-11-10-15-51(21)7)49-34(23)52(8)27-14-16-53(28(27)20-56-9)38(55)59-40(4,5)6/h12-13,17,21,27-28H,10-11,14-16,19-20H2,1-9H3,(H,50,54)/t21-,27?,28?/m0/s1. The van der Waals surface area contributed by atoms with Gasteiger partial charge in [-0.15, -0.1) is 11.3 Å². The highest BCUT2D eigenvalue weighted by Crippen LogP contribution is 2.49. The largest absolute Gasteiger partial charge is 0.462 e. The second-order valence-electron chi connectivity index (χ2n) is 16.9. The number of amides is 2. The van der Waals surface area contributed by atoms with Crippen molar-refractivity contribution in [2.45, 2.75) is 96.3 Å². The number of likely N-dealkylation sites (tertiary alicyclic amines) is 2. The molecule has 2 aliphatic heterocycles. The van der Waals surface area contributed by atoms with E-state index in [2.05, 4.69) is 20.2 Å². The smallest absolute Gasteiger partial charge is 0.417 e. The first kappa shape index (κ1) is 44.5. The van der Waals surface area contributed by atoms with E-state index in [1.807, 2.05) is 13.1 Å². The second-order valence-corrected chi connectivity index (χ2v) is 18.0. The van der Waals surface area contributed by atoms with Crippen LogP contribution in [0.1, 0.15) is 71.9 Å². The number of methoxy groups -OCH3 is 1. The third-order valence-electron chi connectivity index (χ3n) is 10.4. The lowest BCUT2D eigenvalue weighted by Crippen LogP contribution is -2.49. The Morgan fingerprint density at radius 1 is 1.03 bits per heavy atom. The van der Waals surface area contributed by atoms with Gasteiger partial charge in [0.1, 0.15) is 46.0 Å². The maximum absolute atomic E-state index is 17.5. The molecule has 2 fully saturated rings. The first-order chi connectivity index (χ1) is 28.0. The number of anilines is 2. The molecule has 2 amide bonds. The average molecular weight is 862 g/mol. The number of thiophene rings is 1. The number of ether oxygens (including phenoxy) is 4. The van der Waals surface area contributed by atoms with Crippen molar-refractivity contribution in [2.75, 3.05) is 57.7 Å². The number of fused-ring (bicyclic) bond motifs is 2. The van der Waals surface area contributed by atoms with Crippen LogP contribution in [-0.2, 0) is 20.4 Å². The molecule has 0 aliphatic carbocycles. The number of hydrogen-bond acceptors (Lipinski definition) is 12. The molecule has 0 bridgehead atoms. The third-order valence-corrected chi connectivity index (χ3v) is 11.5. The molecule has 2 aromatic heterocycles.